The van der Waals surface area contributed by atoms with E-state index in [9.17, 15) is 4.39 Å². The van der Waals surface area contributed by atoms with Crippen molar-refractivity contribution in [1.29, 1.82) is 0 Å². The molecule has 7 heteroatoms. The molecule has 1 saturated heterocycles. The Bertz CT molecular complexity index is 529. The molecule has 0 aromatic heterocycles. The smallest absolute Gasteiger partial charge is 0.191 e. The Labute approximate surface area is 174 Å². The zero-order valence-corrected chi connectivity index (χ0v) is 18.5. The Morgan fingerprint density at radius 3 is 2.38 bits per heavy atom. The molecule has 1 aromatic carbocycles. The SMILES string of the molecule is CCN1CCN(C(C)CNC(=NC)NCCc2ccc(F)cc2)CC1.I. The molecule has 0 spiro atoms. The number of rotatable bonds is 7. The summed E-state index contributed by atoms with van der Waals surface area (Å²) < 4.78 is 12.9. The van der Waals surface area contributed by atoms with Crippen LogP contribution in [0.3, 0.4) is 0 Å². The van der Waals surface area contributed by atoms with E-state index in [2.05, 4.69) is 39.3 Å². The Balaban J connectivity index is 0.00000338. The molecule has 0 amide bonds. The molecular formula is C19H33FIN5. The fourth-order valence-corrected chi connectivity index (χ4v) is 3.09. The first-order valence-corrected chi connectivity index (χ1v) is 9.27. The van der Waals surface area contributed by atoms with Crippen LogP contribution in [0.5, 0.6) is 0 Å². The topological polar surface area (TPSA) is 42.9 Å². The normalized spacial score (nSPS) is 17.5. The maximum atomic E-state index is 12.9. The van der Waals surface area contributed by atoms with Crippen molar-refractivity contribution < 1.29 is 4.39 Å². The highest BCUT2D eigenvalue weighted by atomic mass is 127. The van der Waals surface area contributed by atoms with Crippen LogP contribution < -0.4 is 10.6 Å². The van der Waals surface area contributed by atoms with Crippen molar-refractivity contribution in [3.05, 3.63) is 35.6 Å². The van der Waals surface area contributed by atoms with E-state index < -0.39 is 0 Å². The van der Waals surface area contributed by atoms with Gasteiger partial charge in [0.25, 0.3) is 0 Å². The van der Waals surface area contributed by atoms with Gasteiger partial charge in [0.1, 0.15) is 5.82 Å². The van der Waals surface area contributed by atoms with Crippen LogP contribution in [0.2, 0.25) is 0 Å². The predicted molar refractivity (Wildman–Crippen MR) is 118 cm³/mol. The standard InChI is InChI=1S/C19H32FN5.HI/c1-4-24-11-13-25(14-12-24)16(2)15-23-19(21-3)22-10-9-17-5-7-18(20)8-6-17;/h5-8,16H,4,9-15H2,1-3H3,(H2,21,22,23);1H. The second-order valence-electron chi connectivity index (χ2n) is 6.58. The van der Waals surface area contributed by atoms with Gasteiger partial charge in [0.15, 0.2) is 5.96 Å². The average Bonchev–Trinajstić information content (AvgIpc) is 2.65. The molecule has 2 rings (SSSR count). The van der Waals surface area contributed by atoms with E-state index in [0.717, 1.165) is 63.8 Å². The number of nitrogens with one attached hydrogen (secondary N) is 2. The van der Waals surface area contributed by atoms with E-state index >= 15 is 0 Å². The molecule has 0 aliphatic carbocycles. The summed E-state index contributed by atoms with van der Waals surface area (Å²) in [4.78, 5) is 9.31. The quantitative estimate of drug-likeness (QED) is 0.359. The maximum Gasteiger partial charge on any atom is 0.191 e. The van der Waals surface area contributed by atoms with Gasteiger partial charge in [-0.05, 0) is 37.6 Å². The minimum Gasteiger partial charge on any atom is -0.356 e. The molecular weight excluding hydrogens is 444 g/mol. The van der Waals surface area contributed by atoms with Crippen molar-refractivity contribution in [1.82, 2.24) is 20.4 Å². The van der Waals surface area contributed by atoms with Crippen molar-refractivity contribution in [3.8, 4) is 0 Å². The highest BCUT2D eigenvalue weighted by Crippen LogP contribution is 2.05. The first-order chi connectivity index (χ1) is 12.1. The number of halogens is 2. The number of nitrogens with zero attached hydrogens (tertiary/aromatic N) is 3. The van der Waals surface area contributed by atoms with Gasteiger partial charge >= 0.3 is 0 Å². The van der Waals surface area contributed by atoms with Gasteiger partial charge in [0.05, 0.1) is 0 Å². The van der Waals surface area contributed by atoms with Gasteiger partial charge in [-0.1, -0.05) is 19.1 Å². The summed E-state index contributed by atoms with van der Waals surface area (Å²) in [6.45, 7) is 11.9. The molecule has 0 saturated carbocycles. The van der Waals surface area contributed by atoms with Crippen LogP contribution >= 0.6 is 24.0 Å². The van der Waals surface area contributed by atoms with Crippen molar-refractivity contribution in [2.75, 3.05) is 52.9 Å². The average molecular weight is 477 g/mol. The van der Waals surface area contributed by atoms with E-state index in [0.29, 0.717) is 6.04 Å². The predicted octanol–water partition coefficient (Wildman–Crippen LogP) is 2.18. The Morgan fingerprint density at radius 2 is 1.81 bits per heavy atom. The lowest BCUT2D eigenvalue weighted by atomic mass is 10.1. The first kappa shape index (κ1) is 23.1. The summed E-state index contributed by atoms with van der Waals surface area (Å²) in [7, 11) is 1.79. The highest BCUT2D eigenvalue weighted by Gasteiger charge is 2.20. The van der Waals surface area contributed by atoms with Crippen LogP contribution in [0.4, 0.5) is 4.39 Å². The van der Waals surface area contributed by atoms with E-state index in [1.54, 1.807) is 7.05 Å². The Morgan fingerprint density at radius 1 is 1.15 bits per heavy atom. The van der Waals surface area contributed by atoms with E-state index in [4.69, 9.17) is 0 Å². The third-order valence-electron chi connectivity index (χ3n) is 4.89. The van der Waals surface area contributed by atoms with Crippen molar-refractivity contribution in [2.45, 2.75) is 26.3 Å². The summed E-state index contributed by atoms with van der Waals surface area (Å²) in [5, 5.41) is 6.74. The highest BCUT2D eigenvalue weighted by molar-refractivity contribution is 14.0. The second kappa shape index (κ2) is 12.5. The molecule has 1 aliphatic rings. The lowest BCUT2D eigenvalue weighted by Crippen LogP contribution is -2.53. The van der Waals surface area contributed by atoms with Crippen LogP contribution in [0.1, 0.15) is 19.4 Å². The molecule has 1 unspecified atom stereocenters. The Hall–Kier alpha value is -0.930. The lowest BCUT2D eigenvalue weighted by molar-refractivity contribution is 0.107. The molecule has 1 atom stereocenters. The van der Waals surface area contributed by atoms with Gasteiger partial charge in [-0.2, -0.15) is 0 Å². The fourth-order valence-electron chi connectivity index (χ4n) is 3.09. The zero-order chi connectivity index (χ0) is 18.1. The number of benzene rings is 1. The fraction of sp³-hybridized carbons (Fsp3) is 0.632. The first-order valence-electron chi connectivity index (χ1n) is 9.27. The van der Waals surface area contributed by atoms with Crippen molar-refractivity contribution >= 4 is 29.9 Å². The van der Waals surface area contributed by atoms with Crippen LogP contribution in [-0.4, -0.2) is 74.7 Å². The number of hydrogen-bond donors (Lipinski definition) is 2. The number of guanidine groups is 1. The van der Waals surface area contributed by atoms with E-state index in [1.165, 1.54) is 12.1 Å². The maximum absolute atomic E-state index is 12.9. The molecule has 26 heavy (non-hydrogen) atoms. The molecule has 5 nitrogen and oxygen atoms in total. The van der Waals surface area contributed by atoms with Gasteiger partial charge < -0.3 is 15.5 Å². The van der Waals surface area contributed by atoms with Crippen LogP contribution in [0.15, 0.2) is 29.3 Å². The summed E-state index contributed by atoms with van der Waals surface area (Å²) in [6.07, 6.45) is 0.843. The molecule has 1 heterocycles. The van der Waals surface area contributed by atoms with Gasteiger partial charge in [-0.3, -0.25) is 9.89 Å². The molecule has 1 aliphatic heterocycles. The Kier molecular flexibility index (Phi) is 11.1. The van der Waals surface area contributed by atoms with Crippen LogP contribution in [-0.2, 0) is 6.42 Å². The third-order valence-corrected chi connectivity index (χ3v) is 4.89. The van der Waals surface area contributed by atoms with Gasteiger partial charge in [0.2, 0.25) is 0 Å². The largest absolute Gasteiger partial charge is 0.356 e. The number of piperazine rings is 1. The van der Waals surface area contributed by atoms with Crippen LogP contribution in [0.25, 0.3) is 0 Å². The molecule has 2 N–H and O–H groups in total. The third kappa shape index (κ3) is 7.75. The molecule has 1 fully saturated rings. The van der Waals surface area contributed by atoms with Crippen molar-refractivity contribution in [2.24, 2.45) is 4.99 Å². The second-order valence-corrected chi connectivity index (χ2v) is 6.58. The summed E-state index contributed by atoms with van der Waals surface area (Å²) in [5.41, 5.74) is 1.12. The minimum atomic E-state index is -0.192. The molecule has 1 aromatic rings. The minimum absolute atomic E-state index is 0. The van der Waals surface area contributed by atoms with Gasteiger partial charge in [0, 0.05) is 52.4 Å². The van der Waals surface area contributed by atoms with Gasteiger partial charge in [-0.15, -0.1) is 24.0 Å². The van der Waals surface area contributed by atoms with Gasteiger partial charge in [-0.25, -0.2) is 4.39 Å². The summed E-state index contributed by atoms with van der Waals surface area (Å²) >= 11 is 0. The zero-order valence-electron chi connectivity index (χ0n) is 16.2. The molecule has 148 valence electrons. The summed E-state index contributed by atoms with van der Waals surface area (Å²) in [5.74, 6) is 0.629. The number of aliphatic imine (C=N–C) groups is 1. The number of likely N-dealkylation sites (N-methyl/N-ethyl adjacent to an activating group) is 1. The van der Waals surface area contributed by atoms with Crippen molar-refractivity contribution in [3.63, 3.8) is 0 Å². The lowest BCUT2D eigenvalue weighted by Gasteiger charge is -2.37. The number of hydrogen-bond acceptors (Lipinski definition) is 3. The van der Waals surface area contributed by atoms with Crippen LogP contribution in [0, 0.1) is 5.82 Å². The molecule has 0 bridgehead atoms. The monoisotopic (exact) mass is 477 g/mol. The summed E-state index contributed by atoms with van der Waals surface area (Å²) in [6, 6.07) is 7.14. The van der Waals surface area contributed by atoms with E-state index in [1.807, 2.05) is 12.1 Å². The molecule has 0 radical (unpaired) electrons. The van der Waals surface area contributed by atoms with E-state index in [-0.39, 0.29) is 29.8 Å².